The van der Waals surface area contributed by atoms with Crippen molar-refractivity contribution in [1.29, 1.82) is 0 Å². The molecule has 0 fully saturated rings. The molecular weight excluding hydrogens is 162 g/mol. The first-order valence-corrected chi connectivity index (χ1v) is 3.28. The van der Waals surface area contributed by atoms with Gasteiger partial charge in [0.05, 0.1) is 0 Å². The minimum Gasteiger partial charge on any atom is -0.402 e. The van der Waals surface area contributed by atoms with Crippen LogP contribution in [-0.4, -0.2) is 22.4 Å². The smallest absolute Gasteiger partial charge is 0.402 e. The molecule has 0 saturated heterocycles. The van der Waals surface area contributed by atoms with Crippen LogP contribution in [-0.2, 0) is 0 Å². The molecule has 0 aliphatic carbocycles. The molecule has 0 aliphatic rings. The van der Waals surface area contributed by atoms with Gasteiger partial charge in [-0.25, -0.2) is 4.39 Å². The van der Waals surface area contributed by atoms with Gasteiger partial charge in [-0.1, -0.05) is 17.7 Å². The molecule has 0 amide bonds. The highest BCUT2D eigenvalue weighted by molar-refractivity contribution is 6.30. The van der Waals surface area contributed by atoms with Crippen LogP contribution in [0.5, 0.6) is 0 Å². The molecule has 1 aromatic rings. The Bertz CT molecular complexity index is 189. The molecule has 0 bridgehead atoms. The van der Waals surface area contributed by atoms with E-state index in [1.807, 2.05) is 6.92 Å². The molecule has 0 unspecified atom stereocenters. The van der Waals surface area contributed by atoms with Crippen LogP contribution in [0.4, 0.5) is 4.39 Å². The van der Waals surface area contributed by atoms with Gasteiger partial charge in [-0.3, -0.25) is 0 Å². The second kappa shape index (κ2) is 5.71. The van der Waals surface area contributed by atoms with E-state index in [4.69, 9.17) is 15.1 Å². The molecule has 0 aromatic heterocycles. The van der Waals surface area contributed by atoms with Crippen LogP contribution in [0, 0.1) is 12.7 Å². The molecule has 1 aromatic carbocycles. The largest absolute Gasteiger partial charge is 0.631 e. The summed E-state index contributed by atoms with van der Waals surface area (Å²) >= 11 is 0. The van der Waals surface area contributed by atoms with Gasteiger partial charge in [0, 0.05) is 0 Å². The zero-order valence-corrected chi connectivity index (χ0v) is 6.61. The maximum absolute atomic E-state index is 12.1. The molecule has 0 aliphatic heterocycles. The Kier molecular flexibility index (Phi) is 5.28. The topological polar surface area (TPSA) is 60.7 Å². The van der Waals surface area contributed by atoms with Crippen LogP contribution in [0.1, 0.15) is 5.56 Å². The minimum atomic E-state index is -2.17. The summed E-state index contributed by atoms with van der Waals surface area (Å²) < 4.78 is 12.1. The molecule has 1 rings (SSSR count). The molecule has 0 radical (unpaired) electrons. The summed E-state index contributed by atoms with van der Waals surface area (Å²) in [4.78, 5) is 0. The molecule has 3 N–H and O–H groups in total. The predicted molar refractivity (Wildman–Crippen MR) is 43.5 cm³/mol. The Morgan fingerprint density at radius 3 is 1.67 bits per heavy atom. The van der Waals surface area contributed by atoms with Crippen molar-refractivity contribution in [3.05, 3.63) is 35.6 Å². The number of hydrogen-bond donors (Lipinski definition) is 3. The number of rotatable bonds is 0. The van der Waals surface area contributed by atoms with E-state index in [0.717, 1.165) is 5.56 Å². The molecule has 12 heavy (non-hydrogen) atoms. The van der Waals surface area contributed by atoms with Gasteiger partial charge in [-0.2, -0.15) is 0 Å². The van der Waals surface area contributed by atoms with E-state index in [-0.39, 0.29) is 5.82 Å². The summed E-state index contributed by atoms with van der Waals surface area (Å²) in [6.07, 6.45) is 0. The molecule has 3 nitrogen and oxygen atoms in total. The average molecular weight is 172 g/mol. The van der Waals surface area contributed by atoms with Gasteiger partial charge in [-0.05, 0) is 19.1 Å². The summed E-state index contributed by atoms with van der Waals surface area (Å²) in [6, 6.07) is 6.40. The molecule has 0 heterocycles. The first-order chi connectivity index (χ1) is 5.52. The lowest BCUT2D eigenvalue weighted by molar-refractivity contribution is 0.278. The number of halogens is 1. The van der Waals surface area contributed by atoms with E-state index in [0.29, 0.717) is 0 Å². The van der Waals surface area contributed by atoms with Crippen molar-refractivity contribution >= 4 is 7.32 Å². The van der Waals surface area contributed by atoms with Crippen molar-refractivity contribution in [2.24, 2.45) is 0 Å². The highest BCUT2D eigenvalue weighted by Crippen LogP contribution is 1.98. The third-order valence-corrected chi connectivity index (χ3v) is 1.01. The normalized spacial score (nSPS) is 8.42. The van der Waals surface area contributed by atoms with Crippen molar-refractivity contribution in [3.8, 4) is 0 Å². The van der Waals surface area contributed by atoms with E-state index in [1.165, 1.54) is 12.1 Å². The summed E-state index contributed by atoms with van der Waals surface area (Å²) in [6.45, 7) is 1.93. The van der Waals surface area contributed by atoms with Crippen molar-refractivity contribution < 1.29 is 19.5 Å². The predicted octanol–water partition coefficient (Wildman–Crippen LogP) is 0.0823. The summed E-state index contributed by atoms with van der Waals surface area (Å²) in [5.74, 6) is -0.171. The van der Waals surface area contributed by atoms with Gasteiger partial charge in [0.1, 0.15) is 5.82 Å². The Morgan fingerprint density at radius 1 is 1.08 bits per heavy atom. The second-order valence-corrected chi connectivity index (χ2v) is 2.14. The van der Waals surface area contributed by atoms with Crippen molar-refractivity contribution in [1.82, 2.24) is 0 Å². The molecular formula is C7H10BFO3. The van der Waals surface area contributed by atoms with Crippen LogP contribution in [0.2, 0.25) is 0 Å². The van der Waals surface area contributed by atoms with Crippen molar-refractivity contribution in [2.45, 2.75) is 6.92 Å². The number of hydrogen-bond acceptors (Lipinski definition) is 3. The highest BCUT2D eigenvalue weighted by Gasteiger charge is 1.92. The van der Waals surface area contributed by atoms with Crippen LogP contribution in [0.3, 0.4) is 0 Å². The van der Waals surface area contributed by atoms with Gasteiger partial charge in [0.25, 0.3) is 0 Å². The lowest BCUT2D eigenvalue weighted by atomic mass is 10.2. The zero-order valence-electron chi connectivity index (χ0n) is 6.61. The summed E-state index contributed by atoms with van der Waals surface area (Å²) in [7, 11) is -2.17. The lowest BCUT2D eigenvalue weighted by Crippen LogP contribution is -2.07. The second-order valence-electron chi connectivity index (χ2n) is 2.14. The Balaban J connectivity index is 0.000000261. The lowest BCUT2D eigenvalue weighted by Gasteiger charge is -1.87. The number of benzene rings is 1. The fraction of sp³-hybridized carbons (Fsp3) is 0.143. The third-order valence-electron chi connectivity index (χ3n) is 1.01. The summed E-state index contributed by atoms with van der Waals surface area (Å²) in [5, 5.41) is 21.5. The zero-order chi connectivity index (χ0) is 9.56. The van der Waals surface area contributed by atoms with E-state index in [1.54, 1.807) is 12.1 Å². The SMILES string of the molecule is Cc1ccc(F)cc1.OB(O)O. The van der Waals surface area contributed by atoms with Crippen molar-refractivity contribution in [3.63, 3.8) is 0 Å². The Morgan fingerprint density at radius 2 is 1.42 bits per heavy atom. The van der Waals surface area contributed by atoms with Crippen LogP contribution < -0.4 is 0 Å². The van der Waals surface area contributed by atoms with Gasteiger partial charge in [-0.15, -0.1) is 0 Å². The monoisotopic (exact) mass is 172 g/mol. The van der Waals surface area contributed by atoms with Gasteiger partial charge in [0.2, 0.25) is 0 Å². The Hall–Kier alpha value is -0.905. The first-order valence-electron chi connectivity index (χ1n) is 3.28. The summed E-state index contributed by atoms with van der Waals surface area (Å²) in [5.41, 5.74) is 1.09. The fourth-order valence-electron chi connectivity index (χ4n) is 0.533. The molecule has 0 spiro atoms. The molecule has 0 saturated carbocycles. The molecule has 5 heteroatoms. The highest BCUT2D eigenvalue weighted by atomic mass is 19.1. The van der Waals surface area contributed by atoms with E-state index in [9.17, 15) is 4.39 Å². The average Bonchev–Trinajstić information content (AvgIpc) is 1.94. The fourth-order valence-corrected chi connectivity index (χ4v) is 0.533. The third kappa shape index (κ3) is 7.20. The van der Waals surface area contributed by atoms with Gasteiger partial charge < -0.3 is 15.1 Å². The van der Waals surface area contributed by atoms with Crippen LogP contribution in [0.15, 0.2) is 24.3 Å². The molecule has 0 atom stereocenters. The quantitative estimate of drug-likeness (QED) is 0.485. The molecule has 66 valence electrons. The maximum Gasteiger partial charge on any atom is 0.631 e. The van der Waals surface area contributed by atoms with E-state index >= 15 is 0 Å². The van der Waals surface area contributed by atoms with Crippen molar-refractivity contribution in [2.75, 3.05) is 0 Å². The standard InChI is InChI=1S/C7H7F.BH3O3/c1-6-2-4-7(8)5-3-6;2-1(3)4/h2-5H,1H3;2-4H. The first kappa shape index (κ1) is 11.1. The van der Waals surface area contributed by atoms with Gasteiger partial charge in [0.15, 0.2) is 0 Å². The minimum absolute atomic E-state index is 0.171. The van der Waals surface area contributed by atoms with Crippen LogP contribution >= 0.6 is 0 Å². The van der Waals surface area contributed by atoms with E-state index < -0.39 is 7.32 Å². The van der Waals surface area contributed by atoms with Gasteiger partial charge >= 0.3 is 7.32 Å². The number of aryl methyl sites for hydroxylation is 1. The van der Waals surface area contributed by atoms with E-state index in [2.05, 4.69) is 0 Å². The Labute approximate surface area is 70.3 Å². The van der Waals surface area contributed by atoms with Crippen LogP contribution in [0.25, 0.3) is 0 Å². The maximum atomic E-state index is 12.1.